The number of rotatable bonds is 7. The van der Waals surface area contributed by atoms with Crippen molar-refractivity contribution in [2.75, 3.05) is 18.2 Å². The normalized spacial score (nSPS) is 18.0. The van der Waals surface area contributed by atoms with E-state index in [4.69, 9.17) is 48.6 Å². The summed E-state index contributed by atoms with van der Waals surface area (Å²) in [5.74, 6) is -0.445. The van der Waals surface area contributed by atoms with Gasteiger partial charge in [0.15, 0.2) is 19.9 Å². The molecule has 1 saturated heterocycles. The number of phenols is 1. The lowest BCUT2D eigenvalue weighted by Crippen LogP contribution is -2.16. The van der Waals surface area contributed by atoms with Crippen LogP contribution in [0.5, 0.6) is 17.2 Å². The summed E-state index contributed by atoms with van der Waals surface area (Å²) in [6.45, 7) is 4.37. The average Bonchev–Trinajstić information content (AvgIpc) is 2.84. The lowest BCUT2D eigenvalue weighted by molar-refractivity contribution is 0.109. The maximum atomic E-state index is 14.5. The molecule has 1 fully saturated rings. The van der Waals surface area contributed by atoms with Crippen LogP contribution in [0.15, 0.2) is 42.5 Å². The van der Waals surface area contributed by atoms with Gasteiger partial charge in [0, 0.05) is 17.0 Å². The highest BCUT2D eigenvalue weighted by Gasteiger charge is 2.27. The van der Waals surface area contributed by atoms with Gasteiger partial charge in [-0.15, -0.1) is 0 Å². The van der Waals surface area contributed by atoms with Crippen LogP contribution < -0.4 is 10.1 Å². The molecule has 4 rings (SSSR count). The minimum absolute atomic E-state index is 0.00831. The molecule has 2 atom stereocenters. The van der Waals surface area contributed by atoms with Crippen LogP contribution >= 0.6 is 43.2 Å². The third kappa shape index (κ3) is 6.29. The number of ether oxygens (including phenoxy) is 1. The van der Waals surface area contributed by atoms with Gasteiger partial charge in [0.25, 0.3) is 0 Å². The van der Waals surface area contributed by atoms with Crippen molar-refractivity contribution in [3.63, 3.8) is 0 Å². The molecule has 0 bridgehead atoms. The Bertz CT molecular complexity index is 1220. The third-order valence-corrected chi connectivity index (χ3v) is 7.58. The molecule has 0 radical (unpaired) electrons. The molecule has 3 aromatic rings. The van der Waals surface area contributed by atoms with Gasteiger partial charge in [-0.05, 0) is 41.8 Å². The van der Waals surface area contributed by atoms with Crippen molar-refractivity contribution in [3.8, 4) is 17.2 Å². The number of anilines is 1. The molecule has 2 heterocycles. The number of pyridine rings is 1. The summed E-state index contributed by atoms with van der Waals surface area (Å²) in [6.07, 6.45) is 0.747. The predicted octanol–water partition coefficient (Wildman–Crippen LogP) is 8.66. The first-order valence-electron chi connectivity index (χ1n) is 10.8. The molecule has 0 amide bonds. The molecule has 1 aliphatic rings. The van der Waals surface area contributed by atoms with Crippen LogP contribution in [0.1, 0.15) is 43.4 Å². The van der Waals surface area contributed by atoms with Gasteiger partial charge >= 0.3 is 0 Å². The van der Waals surface area contributed by atoms with Gasteiger partial charge in [-0.25, -0.2) is 0 Å². The van der Waals surface area contributed by atoms with Crippen LogP contribution in [0.3, 0.4) is 0 Å². The SMILES string of the molecule is CC(C)c1cc(Oc2c(Cl)c(F)nc(NC[P@@]3OCCC(c4cccc(Cl)c4)O3)c2Cl)ccc1O. The van der Waals surface area contributed by atoms with E-state index in [1.165, 1.54) is 6.07 Å². The lowest BCUT2D eigenvalue weighted by atomic mass is 10.0. The van der Waals surface area contributed by atoms with E-state index < -0.39 is 14.3 Å². The standard InChI is InChI=1S/C24H23Cl3FN2O4P/c1-13(2)17-11-16(6-7-18(17)31)33-22-20(26)23(28)30-24(21(22)27)29-12-35-32-9-8-19(34-35)14-4-3-5-15(25)10-14/h3-7,10-11,13,19,31H,8-9,12H2,1-2H3,(H,29,30)/t19?,35-/m0/s1. The first-order valence-corrected chi connectivity index (χ1v) is 13.3. The Morgan fingerprint density at radius 1 is 1.20 bits per heavy atom. The van der Waals surface area contributed by atoms with Gasteiger partial charge < -0.3 is 24.2 Å². The Morgan fingerprint density at radius 2 is 2.00 bits per heavy atom. The highest BCUT2D eigenvalue weighted by atomic mass is 35.5. The van der Waals surface area contributed by atoms with Gasteiger partial charge in [0.1, 0.15) is 21.5 Å². The number of nitrogens with one attached hydrogen (secondary N) is 1. The smallest absolute Gasteiger partial charge is 0.237 e. The minimum atomic E-state index is -1.35. The molecule has 2 aromatic carbocycles. The molecular weight excluding hydrogens is 537 g/mol. The maximum absolute atomic E-state index is 14.5. The van der Waals surface area contributed by atoms with E-state index in [0.29, 0.717) is 29.4 Å². The van der Waals surface area contributed by atoms with E-state index in [9.17, 15) is 9.50 Å². The van der Waals surface area contributed by atoms with Crippen molar-refractivity contribution in [3.05, 3.63) is 74.6 Å². The van der Waals surface area contributed by atoms with Gasteiger partial charge in [-0.2, -0.15) is 9.37 Å². The molecule has 1 unspecified atom stereocenters. The fourth-order valence-electron chi connectivity index (χ4n) is 3.52. The fraction of sp³-hybridized carbons (Fsp3) is 0.292. The summed E-state index contributed by atoms with van der Waals surface area (Å²) in [6, 6.07) is 12.2. The van der Waals surface area contributed by atoms with Crippen LogP contribution in [0, 0.1) is 5.95 Å². The third-order valence-electron chi connectivity index (χ3n) is 5.29. The summed E-state index contributed by atoms with van der Waals surface area (Å²) in [5, 5.41) is 13.3. The second-order valence-electron chi connectivity index (χ2n) is 8.12. The first kappa shape index (κ1) is 26.2. The molecular formula is C24H23Cl3FN2O4P. The Hall–Kier alpha value is -1.86. The fourth-order valence-corrected chi connectivity index (χ4v) is 5.51. The van der Waals surface area contributed by atoms with Crippen molar-refractivity contribution < 1.29 is 23.3 Å². The lowest BCUT2D eigenvalue weighted by Gasteiger charge is -2.30. The summed E-state index contributed by atoms with van der Waals surface area (Å²) >= 11 is 18.7. The molecule has 0 aliphatic carbocycles. The van der Waals surface area contributed by atoms with Crippen molar-refractivity contribution in [2.24, 2.45) is 0 Å². The highest BCUT2D eigenvalue weighted by molar-refractivity contribution is 7.47. The van der Waals surface area contributed by atoms with Crippen molar-refractivity contribution >= 4 is 49.0 Å². The van der Waals surface area contributed by atoms with Gasteiger partial charge in [0.05, 0.1) is 19.0 Å². The van der Waals surface area contributed by atoms with Gasteiger partial charge in [-0.3, -0.25) is 0 Å². The summed E-state index contributed by atoms with van der Waals surface area (Å²) in [7, 11) is -1.35. The Kier molecular flexibility index (Phi) is 8.59. The number of hydrogen-bond donors (Lipinski definition) is 2. The van der Waals surface area contributed by atoms with Crippen LogP contribution in [-0.2, 0) is 9.05 Å². The van der Waals surface area contributed by atoms with Crippen LogP contribution in [0.25, 0.3) is 0 Å². The number of aromatic hydroxyl groups is 1. The second-order valence-corrected chi connectivity index (χ2v) is 10.8. The molecule has 11 heteroatoms. The molecule has 2 N–H and O–H groups in total. The minimum Gasteiger partial charge on any atom is -0.508 e. The molecule has 186 valence electrons. The van der Waals surface area contributed by atoms with Crippen LogP contribution in [-0.4, -0.2) is 23.0 Å². The van der Waals surface area contributed by atoms with E-state index in [2.05, 4.69) is 10.3 Å². The zero-order valence-electron chi connectivity index (χ0n) is 18.9. The maximum Gasteiger partial charge on any atom is 0.237 e. The zero-order chi connectivity index (χ0) is 25.1. The molecule has 35 heavy (non-hydrogen) atoms. The Morgan fingerprint density at radius 3 is 2.74 bits per heavy atom. The first-order chi connectivity index (χ1) is 16.7. The molecule has 0 saturated carbocycles. The number of nitrogens with zero attached hydrogens (tertiary/aromatic N) is 1. The number of aromatic nitrogens is 1. The van der Waals surface area contributed by atoms with Crippen LogP contribution in [0.4, 0.5) is 10.2 Å². The average molecular weight is 560 g/mol. The van der Waals surface area contributed by atoms with E-state index in [-0.39, 0.29) is 45.7 Å². The molecule has 0 spiro atoms. The quantitative estimate of drug-likeness (QED) is 0.223. The van der Waals surface area contributed by atoms with Crippen LogP contribution in [0.2, 0.25) is 15.1 Å². The summed E-state index contributed by atoms with van der Waals surface area (Å²) in [4.78, 5) is 3.83. The molecule has 6 nitrogen and oxygen atoms in total. The van der Waals surface area contributed by atoms with E-state index in [1.807, 2.05) is 32.0 Å². The molecule has 1 aromatic heterocycles. The second kappa shape index (κ2) is 11.5. The van der Waals surface area contributed by atoms with Crippen molar-refractivity contribution in [1.82, 2.24) is 4.98 Å². The number of phenolic OH excluding ortho intramolecular Hbond substituents is 1. The molecule has 1 aliphatic heterocycles. The predicted molar refractivity (Wildman–Crippen MR) is 138 cm³/mol. The Labute approximate surface area is 219 Å². The highest BCUT2D eigenvalue weighted by Crippen LogP contribution is 2.49. The number of halogens is 4. The number of hydrogen-bond acceptors (Lipinski definition) is 6. The monoisotopic (exact) mass is 558 g/mol. The largest absolute Gasteiger partial charge is 0.508 e. The van der Waals surface area contributed by atoms with Crippen molar-refractivity contribution in [2.45, 2.75) is 32.3 Å². The topological polar surface area (TPSA) is 72.8 Å². The summed E-state index contributed by atoms with van der Waals surface area (Å²) in [5.41, 5.74) is 1.64. The zero-order valence-corrected chi connectivity index (χ0v) is 22.1. The Balaban J connectivity index is 1.49. The van der Waals surface area contributed by atoms with E-state index in [0.717, 1.165) is 5.56 Å². The summed E-state index contributed by atoms with van der Waals surface area (Å²) < 4.78 is 32.2. The van der Waals surface area contributed by atoms with Gasteiger partial charge in [-0.1, -0.05) is 60.8 Å². The van der Waals surface area contributed by atoms with E-state index >= 15 is 0 Å². The van der Waals surface area contributed by atoms with Crippen molar-refractivity contribution in [1.29, 1.82) is 0 Å². The van der Waals surface area contributed by atoms with Gasteiger partial charge in [0.2, 0.25) is 5.95 Å². The number of benzene rings is 2. The van der Waals surface area contributed by atoms with E-state index in [1.54, 1.807) is 18.2 Å².